The summed E-state index contributed by atoms with van der Waals surface area (Å²) in [6.07, 6.45) is 1.68. The molecule has 1 aliphatic rings. The van der Waals surface area contributed by atoms with E-state index in [4.69, 9.17) is 28.6 Å². The normalized spacial score (nSPS) is 16.1. The average molecular weight is 378 g/mol. The molecule has 0 spiro atoms. The lowest BCUT2D eigenvalue weighted by Gasteiger charge is -2.14. The third-order valence-corrected chi connectivity index (χ3v) is 4.90. The van der Waals surface area contributed by atoms with Crippen LogP contribution in [0.4, 0.5) is 5.69 Å². The first-order chi connectivity index (χ1) is 11.5. The second-order valence-electron chi connectivity index (χ2n) is 4.93. The summed E-state index contributed by atoms with van der Waals surface area (Å²) >= 11 is 12.5. The van der Waals surface area contributed by atoms with Gasteiger partial charge in [0.25, 0.3) is 5.91 Å². The van der Waals surface area contributed by atoms with E-state index in [2.05, 4.69) is 0 Å². The van der Waals surface area contributed by atoms with Gasteiger partial charge in [0, 0.05) is 5.02 Å². The van der Waals surface area contributed by atoms with E-state index in [1.165, 1.54) is 29.8 Å². The van der Waals surface area contributed by atoms with Crippen molar-refractivity contribution in [2.24, 2.45) is 0 Å². The molecule has 7 heteroatoms. The Kier molecular flexibility index (Phi) is 4.80. The summed E-state index contributed by atoms with van der Waals surface area (Å²) in [5.41, 5.74) is 1.31. The Labute approximate surface area is 153 Å². The Morgan fingerprint density at radius 2 is 2.08 bits per heavy atom. The number of phenols is 1. The van der Waals surface area contributed by atoms with Gasteiger partial charge < -0.3 is 9.84 Å². The zero-order valence-corrected chi connectivity index (χ0v) is 14.9. The standard InChI is InChI=1S/C17H12ClNO3S2/c1-22-14-6-5-10(7-13(14)20)8-15-16(21)19(17(23)24-15)12-4-2-3-11(18)9-12/h2-9,20H,1H3/b15-8+. The Bertz CT molecular complexity index is 867. The average Bonchev–Trinajstić information content (AvgIpc) is 2.81. The molecule has 0 aliphatic carbocycles. The van der Waals surface area contributed by atoms with Crippen molar-refractivity contribution in [2.75, 3.05) is 12.0 Å². The molecule has 1 heterocycles. The summed E-state index contributed by atoms with van der Waals surface area (Å²) in [6, 6.07) is 11.9. The molecule has 0 aromatic heterocycles. The van der Waals surface area contributed by atoms with Gasteiger partial charge in [-0.05, 0) is 42.0 Å². The van der Waals surface area contributed by atoms with Crippen LogP contribution in [0, 0.1) is 0 Å². The van der Waals surface area contributed by atoms with Gasteiger partial charge in [0.2, 0.25) is 0 Å². The van der Waals surface area contributed by atoms with E-state index in [1.54, 1.807) is 42.5 Å². The molecule has 1 N–H and O–H groups in total. The molecule has 3 rings (SSSR count). The minimum absolute atomic E-state index is 0.0107. The van der Waals surface area contributed by atoms with Crippen LogP contribution in [0.2, 0.25) is 5.02 Å². The summed E-state index contributed by atoms with van der Waals surface area (Å²) < 4.78 is 5.45. The SMILES string of the molecule is COc1ccc(/C=C2/SC(=S)N(c3cccc(Cl)c3)C2=O)cc1O. The highest BCUT2D eigenvalue weighted by atomic mass is 35.5. The van der Waals surface area contributed by atoms with E-state index in [0.29, 0.717) is 31.2 Å². The monoisotopic (exact) mass is 377 g/mol. The fraction of sp³-hybridized carbons (Fsp3) is 0.0588. The van der Waals surface area contributed by atoms with E-state index >= 15 is 0 Å². The van der Waals surface area contributed by atoms with Crippen molar-refractivity contribution >= 4 is 57.6 Å². The predicted molar refractivity (Wildman–Crippen MR) is 102 cm³/mol. The number of halogens is 1. The van der Waals surface area contributed by atoms with Gasteiger partial charge >= 0.3 is 0 Å². The molecule has 1 saturated heterocycles. The van der Waals surface area contributed by atoms with E-state index in [9.17, 15) is 9.90 Å². The molecular weight excluding hydrogens is 366 g/mol. The van der Waals surface area contributed by atoms with E-state index in [0.717, 1.165) is 0 Å². The number of hydrogen-bond donors (Lipinski definition) is 1. The number of carbonyl (C=O) groups is 1. The van der Waals surface area contributed by atoms with Crippen LogP contribution in [-0.2, 0) is 4.79 Å². The zero-order chi connectivity index (χ0) is 17.3. The summed E-state index contributed by atoms with van der Waals surface area (Å²) in [7, 11) is 1.48. The van der Waals surface area contributed by atoms with Crippen molar-refractivity contribution in [3.05, 3.63) is 58.0 Å². The Balaban J connectivity index is 1.92. The number of anilines is 1. The molecule has 2 aromatic carbocycles. The Morgan fingerprint density at radius 3 is 2.75 bits per heavy atom. The van der Waals surface area contributed by atoms with Crippen LogP contribution in [0.15, 0.2) is 47.4 Å². The number of amides is 1. The predicted octanol–water partition coefficient (Wildman–Crippen LogP) is 4.46. The minimum Gasteiger partial charge on any atom is -0.504 e. The highest BCUT2D eigenvalue weighted by molar-refractivity contribution is 8.27. The first kappa shape index (κ1) is 16.8. The van der Waals surface area contributed by atoms with Crippen molar-refractivity contribution in [1.82, 2.24) is 0 Å². The number of thiocarbonyl (C=S) groups is 1. The minimum atomic E-state index is -0.220. The first-order valence-electron chi connectivity index (χ1n) is 6.90. The maximum atomic E-state index is 12.7. The number of rotatable bonds is 3. The highest BCUT2D eigenvalue weighted by Gasteiger charge is 2.33. The van der Waals surface area contributed by atoms with Crippen LogP contribution >= 0.6 is 35.6 Å². The molecule has 24 heavy (non-hydrogen) atoms. The molecule has 0 unspecified atom stereocenters. The molecular formula is C17H12ClNO3S2. The van der Waals surface area contributed by atoms with Crippen molar-refractivity contribution in [3.8, 4) is 11.5 Å². The third-order valence-electron chi connectivity index (χ3n) is 3.36. The fourth-order valence-electron chi connectivity index (χ4n) is 2.25. The van der Waals surface area contributed by atoms with Crippen LogP contribution < -0.4 is 9.64 Å². The molecule has 0 atom stereocenters. The van der Waals surface area contributed by atoms with Gasteiger partial charge in [0.15, 0.2) is 15.8 Å². The van der Waals surface area contributed by atoms with Crippen LogP contribution in [0.1, 0.15) is 5.56 Å². The number of thioether (sulfide) groups is 1. The number of methoxy groups -OCH3 is 1. The smallest absolute Gasteiger partial charge is 0.270 e. The molecule has 0 bridgehead atoms. The summed E-state index contributed by atoms with van der Waals surface area (Å²) in [4.78, 5) is 14.6. The lowest BCUT2D eigenvalue weighted by molar-refractivity contribution is -0.113. The molecule has 1 aliphatic heterocycles. The second-order valence-corrected chi connectivity index (χ2v) is 7.04. The number of carbonyl (C=O) groups excluding carboxylic acids is 1. The van der Waals surface area contributed by atoms with Crippen LogP contribution in [0.5, 0.6) is 11.5 Å². The lowest BCUT2D eigenvalue weighted by Crippen LogP contribution is -2.27. The molecule has 1 fully saturated rings. The molecule has 1 amide bonds. The number of benzene rings is 2. The Morgan fingerprint density at radius 1 is 1.29 bits per heavy atom. The number of hydrogen-bond acceptors (Lipinski definition) is 5. The molecule has 0 saturated carbocycles. The maximum absolute atomic E-state index is 12.7. The molecule has 0 radical (unpaired) electrons. The van der Waals surface area contributed by atoms with Crippen molar-refractivity contribution in [1.29, 1.82) is 0 Å². The van der Waals surface area contributed by atoms with Gasteiger partial charge in [-0.25, -0.2) is 0 Å². The Hall–Kier alpha value is -2.02. The molecule has 4 nitrogen and oxygen atoms in total. The van der Waals surface area contributed by atoms with Crippen LogP contribution in [-0.4, -0.2) is 22.4 Å². The number of ether oxygens (including phenoxy) is 1. The number of aromatic hydroxyl groups is 1. The lowest BCUT2D eigenvalue weighted by atomic mass is 10.2. The van der Waals surface area contributed by atoms with Crippen molar-refractivity contribution < 1.29 is 14.6 Å². The highest BCUT2D eigenvalue weighted by Crippen LogP contribution is 2.37. The number of phenolic OH excluding ortho intramolecular Hbond substituents is 1. The van der Waals surface area contributed by atoms with E-state index in [-0.39, 0.29) is 11.7 Å². The summed E-state index contributed by atoms with van der Waals surface area (Å²) in [6.45, 7) is 0. The number of nitrogens with zero attached hydrogens (tertiary/aromatic N) is 1. The molecule has 122 valence electrons. The van der Waals surface area contributed by atoms with Gasteiger partial charge in [0.1, 0.15) is 0 Å². The van der Waals surface area contributed by atoms with Gasteiger partial charge in [-0.15, -0.1) is 0 Å². The summed E-state index contributed by atoms with van der Waals surface area (Å²) in [5.74, 6) is 0.165. The van der Waals surface area contributed by atoms with Gasteiger partial charge in [-0.3, -0.25) is 9.69 Å². The van der Waals surface area contributed by atoms with Crippen LogP contribution in [0.25, 0.3) is 6.08 Å². The largest absolute Gasteiger partial charge is 0.504 e. The quantitative estimate of drug-likeness (QED) is 0.632. The first-order valence-corrected chi connectivity index (χ1v) is 8.50. The van der Waals surface area contributed by atoms with E-state index < -0.39 is 0 Å². The van der Waals surface area contributed by atoms with Crippen molar-refractivity contribution in [3.63, 3.8) is 0 Å². The second kappa shape index (κ2) is 6.84. The fourth-order valence-corrected chi connectivity index (χ4v) is 3.74. The topological polar surface area (TPSA) is 49.8 Å². The zero-order valence-electron chi connectivity index (χ0n) is 12.5. The molecule has 2 aromatic rings. The summed E-state index contributed by atoms with van der Waals surface area (Å²) in [5, 5.41) is 10.4. The van der Waals surface area contributed by atoms with E-state index in [1.807, 2.05) is 0 Å². The third kappa shape index (κ3) is 3.26. The van der Waals surface area contributed by atoms with Gasteiger partial charge in [-0.1, -0.05) is 47.7 Å². The van der Waals surface area contributed by atoms with Gasteiger partial charge in [-0.2, -0.15) is 0 Å². The van der Waals surface area contributed by atoms with Crippen LogP contribution in [0.3, 0.4) is 0 Å². The maximum Gasteiger partial charge on any atom is 0.270 e. The van der Waals surface area contributed by atoms with Gasteiger partial charge in [0.05, 0.1) is 17.7 Å². The van der Waals surface area contributed by atoms with Crippen molar-refractivity contribution in [2.45, 2.75) is 0 Å².